The number of hydrogen-bond acceptors (Lipinski definition) is 3. The van der Waals surface area contributed by atoms with Gasteiger partial charge in [0.25, 0.3) is 5.71 Å². The minimum Gasteiger partial charge on any atom is -0.316 e. The molecule has 76 valence electrons. The Balaban J connectivity index is 3.07. The summed E-state index contributed by atoms with van der Waals surface area (Å²) in [5, 5.41) is 20.0. The molecule has 14 heavy (non-hydrogen) atoms. The number of rotatable bonds is 3. The largest absolute Gasteiger partial charge is 0.316 e. The molecule has 4 nitrogen and oxygen atoms in total. The SMILES string of the molecule is CC(C)(NO)C(=[NH+]O)c1ccccc1. The first-order chi connectivity index (χ1) is 6.61. The lowest BCUT2D eigenvalue weighted by Crippen LogP contribution is -2.75. The van der Waals surface area contributed by atoms with Crippen molar-refractivity contribution in [2.75, 3.05) is 0 Å². The summed E-state index contributed by atoms with van der Waals surface area (Å²) >= 11 is 0. The summed E-state index contributed by atoms with van der Waals surface area (Å²) in [6.45, 7) is 3.50. The number of benzene rings is 1. The van der Waals surface area contributed by atoms with Gasteiger partial charge in [-0.05, 0) is 31.1 Å². The fourth-order valence-electron chi connectivity index (χ4n) is 1.23. The van der Waals surface area contributed by atoms with Crippen LogP contribution in [0.3, 0.4) is 0 Å². The highest BCUT2D eigenvalue weighted by Gasteiger charge is 2.31. The summed E-state index contributed by atoms with van der Waals surface area (Å²) in [6.07, 6.45) is 0. The zero-order valence-electron chi connectivity index (χ0n) is 8.28. The van der Waals surface area contributed by atoms with Crippen LogP contribution >= 0.6 is 0 Å². The molecule has 1 rings (SSSR count). The van der Waals surface area contributed by atoms with Gasteiger partial charge in [0.15, 0.2) is 0 Å². The van der Waals surface area contributed by atoms with E-state index < -0.39 is 5.54 Å². The molecule has 0 spiro atoms. The molecule has 0 amide bonds. The van der Waals surface area contributed by atoms with Crippen LogP contribution in [0.2, 0.25) is 0 Å². The molecule has 0 heterocycles. The lowest BCUT2D eigenvalue weighted by Gasteiger charge is -2.18. The number of hydroxylamine groups is 1. The van der Waals surface area contributed by atoms with Crippen LogP contribution in [0.4, 0.5) is 0 Å². The van der Waals surface area contributed by atoms with Crippen molar-refractivity contribution < 1.29 is 15.6 Å². The normalized spacial score (nSPS) is 12.9. The van der Waals surface area contributed by atoms with Gasteiger partial charge in [-0.25, -0.2) is 0 Å². The Bertz CT molecular complexity index is 320. The second-order valence-corrected chi connectivity index (χ2v) is 3.59. The molecule has 0 bridgehead atoms. The molecule has 0 radical (unpaired) electrons. The van der Waals surface area contributed by atoms with Crippen LogP contribution in [-0.4, -0.2) is 21.7 Å². The summed E-state index contributed by atoms with van der Waals surface area (Å²) in [4.78, 5) is 0. The molecule has 0 atom stereocenters. The van der Waals surface area contributed by atoms with Crippen molar-refractivity contribution in [2.45, 2.75) is 19.4 Å². The van der Waals surface area contributed by atoms with Crippen LogP contribution in [0.25, 0.3) is 0 Å². The summed E-state index contributed by atoms with van der Waals surface area (Å²) < 4.78 is 0. The lowest BCUT2D eigenvalue weighted by atomic mass is 9.93. The van der Waals surface area contributed by atoms with E-state index in [4.69, 9.17) is 10.4 Å². The quantitative estimate of drug-likeness (QED) is 0.304. The summed E-state index contributed by atoms with van der Waals surface area (Å²) in [7, 11) is 0. The van der Waals surface area contributed by atoms with Gasteiger partial charge in [-0.3, -0.25) is 5.21 Å². The molecular formula is C10H15N2O2+. The first-order valence-electron chi connectivity index (χ1n) is 4.36. The zero-order chi connectivity index (χ0) is 10.6. The van der Waals surface area contributed by atoms with Crippen molar-refractivity contribution in [1.82, 2.24) is 5.48 Å². The van der Waals surface area contributed by atoms with Gasteiger partial charge >= 0.3 is 0 Å². The van der Waals surface area contributed by atoms with E-state index in [0.717, 1.165) is 5.56 Å². The van der Waals surface area contributed by atoms with Crippen molar-refractivity contribution >= 4 is 5.71 Å². The van der Waals surface area contributed by atoms with Gasteiger partial charge in [-0.2, -0.15) is 5.48 Å². The third kappa shape index (κ3) is 2.10. The Morgan fingerprint density at radius 3 is 2.29 bits per heavy atom. The molecule has 0 aliphatic rings. The van der Waals surface area contributed by atoms with Gasteiger partial charge in [0.2, 0.25) is 0 Å². The summed E-state index contributed by atoms with van der Waals surface area (Å²) in [6, 6.07) is 9.30. The van der Waals surface area contributed by atoms with E-state index in [1.807, 2.05) is 30.3 Å². The smallest absolute Gasteiger partial charge is 0.253 e. The highest BCUT2D eigenvalue weighted by molar-refractivity contribution is 6.02. The highest BCUT2D eigenvalue weighted by Crippen LogP contribution is 2.09. The second-order valence-electron chi connectivity index (χ2n) is 3.59. The number of hydrogen-bond donors (Lipinski definition) is 4. The van der Waals surface area contributed by atoms with E-state index in [9.17, 15) is 0 Å². The molecule has 0 saturated carbocycles. The molecule has 4 heteroatoms. The summed E-state index contributed by atoms with van der Waals surface area (Å²) in [5.41, 5.74) is 2.74. The van der Waals surface area contributed by atoms with E-state index in [0.29, 0.717) is 5.71 Å². The molecule has 0 fully saturated rings. The molecule has 0 aromatic heterocycles. The van der Waals surface area contributed by atoms with Crippen LogP contribution in [0.1, 0.15) is 19.4 Å². The van der Waals surface area contributed by atoms with Crippen molar-refractivity contribution in [2.24, 2.45) is 0 Å². The van der Waals surface area contributed by atoms with E-state index in [1.165, 1.54) is 0 Å². The first kappa shape index (κ1) is 10.7. The fourth-order valence-corrected chi connectivity index (χ4v) is 1.23. The summed E-state index contributed by atoms with van der Waals surface area (Å²) in [5.74, 6) is 0. The molecule has 1 aromatic carbocycles. The molecule has 4 N–H and O–H groups in total. The Morgan fingerprint density at radius 2 is 1.86 bits per heavy atom. The van der Waals surface area contributed by atoms with Crippen LogP contribution in [0.15, 0.2) is 30.3 Å². The Hall–Kier alpha value is -1.39. The fraction of sp³-hybridized carbons (Fsp3) is 0.300. The van der Waals surface area contributed by atoms with Crippen LogP contribution in [0.5, 0.6) is 0 Å². The van der Waals surface area contributed by atoms with Gasteiger partial charge in [0.1, 0.15) is 5.54 Å². The Kier molecular flexibility index (Phi) is 3.22. The standard InChI is InChI=1S/C10H14N2O2/c1-10(2,12-14)9(11-13)8-6-4-3-5-7-8/h3-7,12-14H,1-2H3/p+1. The molecular weight excluding hydrogens is 180 g/mol. The van der Waals surface area contributed by atoms with Crippen molar-refractivity contribution in [1.29, 1.82) is 0 Å². The maximum absolute atomic E-state index is 9.01. The van der Waals surface area contributed by atoms with Crippen molar-refractivity contribution in [3.05, 3.63) is 35.9 Å². The lowest BCUT2D eigenvalue weighted by molar-refractivity contribution is -0.738. The molecule has 0 unspecified atom stereocenters. The van der Waals surface area contributed by atoms with Crippen LogP contribution in [0, 0.1) is 0 Å². The van der Waals surface area contributed by atoms with Crippen molar-refractivity contribution in [3.8, 4) is 0 Å². The predicted octanol–water partition coefficient (Wildman–Crippen LogP) is -0.297. The van der Waals surface area contributed by atoms with Gasteiger partial charge < -0.3 is 5.21 Å². The van der Waals surface area contributed by atoms with Crippen LogP contribution in [-0.2, 0) is 0 Å². The third-order valence-electron chi connectivity index (χ3n) is 2.08. The highest BCUT2D eigenvalue weighted by atomic mass is 16.5. The predicted molar refractivity (Wildman–Crippen MR) is 52.3 cm³/mol. The zero-order valence-corrected chi connectivity index (χ0v) is 8.28. The topological polar surface area (TPSA) is 66.5 Å². The monoisotopic (exact) mass is 195 g/mol. The van der Waals surface area contributed by atoms with E-state index >= 15 is 0 Å². The maximum atomic E-state index is 9.01. The molecule has 0 aliphatic carbocycles. The average molecular weight is 195 g/mol. The van der Waals surface area contributed by atoms with Gasteiger partial charge in [-0.1, -0.05) is 18.2 Å². The minimum absolute atomic E-state index is 0.514. The minimum atomic E-state index is -0.726. The maximum Gasteiger partial charge on any atom is 0.253 e. The Labute approximate surface area is 82.8 Å². The van der Waals surface area contributed by atoms with Crippen molar-refractivity contribution in [3.63, 3.8) is 0 Å². The molecule has 1 aromatic rings. The Morgan fingerprint density at radius 1 is 1.29 bits per heavy atom. The van der Waals surface area contributed by atoms with Gasteiger partial charge in [0, 0.05) is 5.56 Å². The van der Waals surface area contributed by atoms with Crippen LogP contribution < -0.4 is 10.6 Å². The number of nitrogens with one attached hydrogen (secondary N) is 2. The third-order valence-corrected chi connectivity index (χ3v) is 2.08. The van der Waals surface area contributed by atoms with Gasteiger partial charge in [0.05, 0.1) is 0 Å². The van der Waals surface area contributed by atoms with E-state index in [1.54, 1.807) is 13.8 Å². The van der Waals surface area contributed by atoms with E-state index in [2.05, 4.69) is 10.6 Å². The molecule has 0 aliphatic heterocycles. The first-order valence-corrected chi connectivity index (χ1v) is 4.36. The molecule has 0 saturated heterocycles. The second kappa shape index (κ2) is 4.21. The average Bonchev–Trinajstić information content (AvgIpc) is 2.20. The van der Waals surface area contributed by atoms with E-state index in [-0.39, 0.29) is 0 Å². The van der Waals surface area contributed by atoms with Gasteiger partial charge in [-0.15, -0.1) is 0 Å².